The molecule has 0 N–H and O–H groups in total. The Kier molecular flexibility index (Phi) is 11.4. The number of unbranched alkanes of at least 4 members (excludes halogenated alkanes) is 9. The zero-order valence-electron chi connectivity index (χ0n) is 18.1. The molecule has 2 aromatic rings. The number of hydrogen-bond acceptors (Lipinski definition) is 2. The molecule has 1 aromatic carbocycles. The van der Waals surface area contributed by atoms with Crippen molar-refractivity contribution < 1.29 is 4.74 Å². The molecule has 0 aliphatic carbocycles. The van der Waals surface area contributed by atoms with Crippen molar-refractivity contribution in [2.45, 2.75) is 90.9 Å². The van der Waals surface area contributed by atoms with Gasteiger partial charge in [0.25, 0.3) is 0 Å². The number of ether oxygens (including phenoxy) is 1. The summed E-state index contributed by atoms with van der Waals surface area (Å²) in [6, 6.07) is 12.7. The quantitative estimate of drug-likeness (QED) is 0.291. The molecule has 2 heteroatoms. The maximum Gasteiger partial charge on any atom is 0.119 e. The zero-order chi connectivity index (χ0) is 19.9. The maximum atomic E-state index is 5.83. The minimum atomic E-state index is 0.810. The highest BCUT2D eigenvalue weighted by molar-refractivity contribution is 5.60. The first-order valence-electron chi connectivity index (χ1n) is 11.5. The van der Waals surface area contributed by atoms with Crippen LogP contribution in [0.15, 0.2) is 42.6 Å². The van der Waals surface area contributed by atoms with Crippen molar-refractivity contribution >= 4 is 0 Å². The molecule has 0 radical (unpaired) electrons. The first-order valence-corrected chi connectivity index (χ1v) is 11.5. The largest absolute Gasteiger partial charge is 0.494 e. The highest BCUT2D eigenvalue weighted by Crippen LogP contribution is 2.21. The van der Waals surface area contributed by atoms with Crippen molar-refractivity contribution in [3.8, 4) is 17.0 Å². The molecule has 1 aromatic heterocycles. The van der Waals surface area contributed by atoms with E-state index >= 15 is 0 Å². The van der Waals surface area contributed by atoms with Crippen LogP contribution in [0.25, 0.3) is 11.3 Å². The number of pyridine rings is 1. The van der Waals surface area contributed by atoms with Crippen LogP contribution >= 0.6 is 0 Å². The summed E-state index contributed by atoms with van der Waals surface area (Å²) in [6.45, 7) is 5.31. The summed E-state index contributed by atoms with van der Waals surface area (Å²) >= 11 is 0. The minimum Gasteiger partial charge on any atom is -0.494 e. The molecule has 0 fully saturated rings. The number of benzene rings is 1. The normalized spacial score (nSPS) is 10.9. The molecule has 0 unspecified atom stereocenters. The molecular weight excluding hydrogens is 342 g/mol. The number of nitrogens with zero attached hydrogens (tertiary/aromatic N) is 1. The van der Waals surface area contributed by atoms with Gasteiger partial charge in [-0.25, -0.2) is 0 Å². The first kappa shape index (κ1) is 22.5. The SMILES string of the molecule is CCCCCCCCCc1ccc(-c2ccc(OCCCCCC)cc2)nc1. The zero-order valence-corrected chi connectivity index (χ0v) is 18.1. The lowest BCUT2D eigenvalue weighted by Gasteiger charge is -2.08. The van der Waals surface area contributed by atoms with Gasteiger partial charge in [0.1, 0.15) is 5.75 Å². The average Bonchev–Trinajstić information content (AvgIpc) is 2.74. The van der Waals surface area contributed by atoms with E-state index in [9.17, 15) is 0 Å². The van der Waals surface area contributed by atoms with E-state index in [1.807, 2.05) is 6.20 Å². The Bertz CT molecular complexity index is 618. The van der Waals surface area contributed by atoms with Crippen LogP contribution in [-0.4, -0.2) is 11.6 Å². The summed E-state index contributed by atoms with van der Waals surface area (Å²) in [6.07, 6.45) is 17.6. The maximum absolute atomic E-state index is 5.83. The van der Waals surface area contributed by atoms with Gasteiger partial charge in [0.2, 0.25) is 0 Å². The van der Waals surface area contributed by atoms with E-state index in [0.29, 0.717) is 0 Å². The summed E-state index contributed by atoms with van der Waals surface area (Å²) in [4.78, 5) is 4.67. The molecule has 0 atom stereocenters. The summed E-state index contributed by atoms with van der Waals surface area (Å²) < 4.78 is 5.83. The molecular formula is C26H39NO. The van der Waals surface area contributed by atoms with Crippen LogP contribution in [0.5, 0.6) is 5.75 Å². The number of aryl methyl sites for hydroxylation is 1. The second-order valence-electron chi connectivity index (χ2n) is 7.86. The molecule has 2 nitrogen and oxygen atoms in total. The highest BCUT2D eigenvalue weighted by Gasteiger charge is 2.02. The number of hydrogen-bond donors (Lipinski definition) is 0. The van der Waals surface area contributed by atoms with Crippen LogP contribution in [-0.2, 0) is 6.42 Å². The van der Waals surface area contributed by atoms with Crippen molar-refractivity contribution in [3.63, 3.8) is 0 Å². The molecule has 0 saturated heterocycles. The first-order chi connectivity index (χ1) is 13.8. The van der Waals surface area contributed by atoms with Crippen LogP contribution in [0.4, 0.5) is 0 Å². The molecule has 1 heterocycles. The van der Waals surface area contributed by atoms with E-state index in [4.69, 9.17) is 4.74 Å². The van der Waals surface area contributed by atoms with Crippen LogP contribution in [0, 0.1) is 0 Å². The lowest BCUT2D eigenvalue weighted by atomic mass is 10.0. The van der Waals surface area contributed by atoms with Gasteiger partial charge < -0.3 is 4.74 Å². The topological polar surface area (TPSA) is 22.1 Å². The minimum absolute atomic E-state index is 0.810. The van der Waals surface area contributed by atoms with Crippen LogP contribution in [0.2, 0.25) is 0 Å². The van der Waals surface area contributed by atoms with E-state index in [-0.39, 0.29) is 0 Å². The van der Waals surface area contributed by atoms with Gasteiger partial charge in [0.05, 0.1) is 12.3 Å². The van der Waals surface area contributed by atoms with Crippen molar-refractivity contribution in [1.82, 2.24) is 4.98 Å². The standard InChI is InChI=1S/C26H39NO/c1-3-5-7-9-10-11-12-14-23-15-20-26(27-22-23)24-16-18-25(19-17-24)28-21-13-8-6-4-2/h15-20,22H,3-14,21H2,1-2H3. The van der Waals surface area contributed by atoms with Crippen molar-refractivity contribution in [1.29, 1.82) is 0 Å². The Balaban J connectivity index is 1.70. The molecule has 0 aliphatic rings. The lowest BCUT2D eigenvalue weighted by molar-refractivity contribution is 0.305. The Labute approximate surface area is 172 Å². The Morgan fingerprint density at radius 3 is 1.96 bits per heavy atom. The molecule has 0 amide bonds. The molecule has 0 bridgehead atoms. The van der Waals surface area contributed by atoms with E-state index < -0.39 is 0 Å². The summed E-state index contributed by atoms with van der Waals surface area (Å²) in [7, 11) is 0. The van der Waals surface area contributed by atoms with Gasteiger partial charge in [-0.2, -0.15) is 0 Å². The second-order valence-corrected chi connectivity index (χ2v) is 7.86. The fraction of sp³-hybridized carbons (Fsp3) is 0.577. The predicted octanol–water partition coefficient (Wildman–Crippen LogP) is 8.00. The monoisotopic (exact) mass is 381 g/mol. The van der Waals surface area contributed by atoms with Crippen molar-refractivity contribution in [2.75, 3.05) is 6.61 Å². The third-order valence-electron chi connectivity index (χ3n) is 5.31. The summed E-state index contributed by atoms with van der Waals surface area (Å²) in [5, 5.41) is 0. The van der Waals surface area contributed by atoms with Gasteiger partial charge in [0, 0.05) is 11.8 Å². The third kappa shape index (κ3) is 8.91. The molecule has 0 aliphatic heterocycles. The smallest absolute Gasteiger partial charge is 0.119 e. The fourth-order valence-electron chi connectivity index (χ4n) is 3.47. The predicted molar refractivity (Wildman–Crippen MR) is 121 cm³/mol. The lowest BCUT2D eigenvalue weighted by Crippen LogP contribution is -1.97. The van der Waals surface area contributed by atoms with Gasteiger partial charge >= 0.3 is 0 Å². The third-order valence-corrected chi connectivity index (χ3v) is 5.31. The van der Waals surface area contributed by atoms with Gasteiger partial charge in [-0.05, 0) is 55.2 Å². The van der Waals surface area contributed by atoms with Gasteiger partial charge in [-0.3, -0.25) is 4.98 Å². The molecule has 154 valence electrons. The Hall–Kier alpha value is -1.83. The van der Waals surface area contributed by atoms with Gasteiger partial charge in [-0.1, -0.05) is 77.7 Å². The average molecular weight is 382 g/mol. The highest BCUT2D eigenvalue weighted by atomic mass is 16.5. The summed E-state index contributed by atoms with van der Waals surface area (Å²) in [5.41, 5.74) is 3.54. The van der Waals surface area contributed by atoms with E-state index in [1.54, 1.807) is 0 Å². The molecule has 0 spiro atoms. The van der Waals surface area contributed by atoms with Crippen molar-refractivity contribution in [2.24, 2.45) is 0 Å². The van der Waals surface area contributed by atoms with Crippen molar-refractivity contribution in [3.05, 3.63) is 48.2 Å². The number of rotatable bonds is 15. The molecule has 2 rings (SSSR count). The van der Waals surface area contributed by atoms with E-state index in [1.165, 1.54) is 69.8 Å². The van der Waals surface area contributed by atoms with Crippen LogP contribution < -0.4 is 4.74 Å². The second kappa shape index (κ2) is 14.2. The van der Waals surface area contributed by atoms with E-state index in [2.05, 4.69) is 55.2 Å². The van der Waals surface area contributed by atoms with Gasteiger partial charge in [-0.15, -0.1) is 0 Å². The summed E-state index contributed by atoms with van der Waals surface area (Å²) in [5.74, 6) is 0.954. The fourth-order valence-corrected chi connectivity index (χ4v) is 3.47. The molecule has 28 heavy (non-hydrogen) atoms. The van der Waals surface area contributed by atoms with Gasteiger partial charge in [0.15, 0.2) is 0 Å². The Morgan fingerprint density at radius 2 is 1.32 bits per heavy atom. The Morgan fingerprint density at radius 1 is 0.679 bits per heavy atom. The van der Waals surface area contributed by atoms with E-state index in [0.717, 1.165) is 36.5 Å². The van der Waals surface area contributed by atoms with Crippen LogP contribution in [0.3, 0.4) is 0 Å². The number of aromatic nitrogens is 1. The molecule has 0 saturated carbocycles. The van der Waals surface area contributed by atoms with Crippen LogP contribution in [0.1, 0.15) is 90.0 Å².